The zero-order valence-electron chi connectivity index (χ0n) is 9.08. The lowest BCUT2D eigenvalue weighted by Gasteiger charge is -2.07. The van der Waals surface area contributed by atoms with Crippen molar-refractivity contribution in [3.8, 4) is 11.4 Å². The molecule has 2 rings (SSSR count). The van der Waals surface area contributed by atoms with Crippen LogP contribution in [0.15, 0.2) is 35.5 Å². The fourth-order valence-corrected chi connectivity index (χ4v) is 1.89. The van der Waals surface area contributed by atoms with Gasteiger partial charge < -0.3 is 9.90 Å². The van der Waals surface area contributed by atoms with E-state index in [0.29, 0.717) is 11.0 Å². The Morgan fingerprint density at radius 2 is 2.12 bits per heavy atom. The van der Waals surface area contributed by atoms with Gasteiger partial charge in [-0.2, -0.15) is 0 Å². The number of benzene rings is 1. The quantitative estimate of drug-likeness (QED) is 0.805. The van der Waals surface area contributed by atoms with Crippen LogP contribution >= 0.6 is 11.8 Å². The van der Waals surface area contributed by atoms with E-state index >= 15 is 0 Å². The molecule has 2 aromatic rings. The standard InChI is InChI=1S/C11H11N3O2S/c1-7(10(15)16)17-11-12-9(13-14-11)8-5-3-2-4-6-8/h2-7H,1H3,(H,15,16)(H,12,13,14)/p-1. The number of aliphatic carboxylic acids is 1. The normalized spacial score (nSPS) is 12.3. The minimum Gasteiger partial charge on any atom is -0.549 e. The summed E-state index contributed by atoms with van der Waals surface area (Å²) < 4.78 is 0. The summed E-state index contributed by atoms with van der Waals surface area (Å²) in [6.45, 7) is 1.54. The first kappa shape index (κ1) is 11.7. The van der Waals surface area contributed by atoms with Crippen molar-refractivity contribution in [2.45, 2.75) is 17.3 Å². The number of H-pyrrole nitrogens is 1. The van der Waals surface area contributed by atoms with Gasteiger partial charge in [0.15, 0.2) is 5.82 Å². The largest absolute Gasteiger partial charge is 0.549 e. The Balaban J connectivity index is 2.14. The van der Waals surface area contributed by atoms with Crippen molar-refractivity contribution in [1.82, 2.24) is 15.2 Å². The Hall–Kier alpha value is -1.82. The molecule has 17 heavy (non-hydrogen) atoms. The molecule has 5 nitrogen and oxygen atoms in total. The van der Waals surface area contributed by atoms with Crippen LogP contribution in [0.1, 0.15) is 6.92 Å². The minimum atomic E-state index is -1.12. The summed E-state index contributed by atoms with van der Waals surface area (Å²) in [5.41, 5.74) is 0.910. The van der Waals surface area contributed by atoms with Crippen molar-refractivity contribution < 1.29 is 9.90 Å². The number of carboxylic acid groups (broad SMARTS) is 1. The van der Waals surface area contributed by atoms with Crippen LogP contribution in [-0.4, -0.2) is 26.4 Å². The molecule has 0 saturated heterocycles. The fraction of sp³-hybridized carbons (Fsp3) is 0.182. The second-order valence-corrected chi connectivity index (χ2v) is 4.72. The molecular formula is C11H10N3O2S-. The molecule has 1 unspecified atom stereocenters. The first-order valence-corrected chi connectivity index (χ1v) is 5.90. The molecule has 0 spiro atoms. The molecule has 0 aliphatic heterocycles. The van der Waals surface area contributed by atoms with Crippen LogP contribution in [0.4, 0.5) is 0 Å². The van der Waals surface area contributed by atoms with E-state index in [1.54, 1.807) is 6.92 Å². The SMILES string of the molecule is CC(Sc1n[nH]c(-c2ccccc2)n1)C(=O)[O-]. The number of carbonyl (C=O) groups is 1. The van der Waals surface area contributed by atoms with Gasteiger partial charge in [-0.1, -0.05) is 42.1 Å². The maximum atomic E-state index is 10.6. The minimum absolute atomic E-state index is 0.403. The highest BCUT2D eigenvalue weighted by atomic mass is 32.2. The topological polar surface area (TPSA) is 81.7 Å². The zero-order valence-corrected chi connectivity index (χ0v) is 9.90. The van der Waals surface area contributed by atoms with Crippen molar-refractivity contribution in [2.24, 2.45) is 0 Å². The first-order valence-electron chi connectivity index (χ1n) is 5.02. The number of aromatic amines is 1. The maximum absolute atomic E-state index is 10.6. The third-order valence-corrected chi connectivity index (χ3v) is 3.07. The van der Waals surface area contributed by atoms with E-state index in [1.165, 1.54) is 0 Å². The van der Waals surface area contributed by atoms with E-state index in [4.69, 9.17) is 0 Å². The Kier molecular flexibility index (Phi) is 3.43. The van der Waals surface area contributed by atoms with Gasteiger partial charge in [-0.05, 0) is 6.92 Å². The van der Waals surface area contributed by atoms with Crippen LogP contribution in [0.3, 0.4) is 0 Å². The summed E-state index contributed by atoms with van der Waals surface area (Å²) in [4.78, 5) is 14.8. The number of nitrogens with one attached hydrogen (secondary N) is 1. The van der Waals surface area contributed by atoms with E-state index < -0.39 is 11.2 Å². The number of hydrogen-bond acceptors (Lipinski definition) is 5. The molecule has 1 atom stereocenters. The summed E-state index contributed by atoms with van der Waals surface area (Å²) in [6.07, 6.45) is 0. The number of aromatic nitrogens is 3. The molecule has 0 radical (unpaired) electrons. The zero-order chi connectivity index (χ0) is 12.3. The van der Waals surface area contributed by atoms with E-state index in [2.05, 4.69) is 15.2 Å². The number of carboxylic acids is 1. The molecular weight excluding hydrogens is 238 g/mol. The Labute approximate surface area is 102 Å². The predicted molar refractivity (Wildman–Crippen MR) is 62.1 cm³/mol. The van der Waals surface area contributed by atoms with Crippen molar-refractivity contribution in [1.29, 1.82) is 0 Å². The molecule has 0 aliphatic carbocycles. The van der Waals surface area contributed by atoms with Crippen LogP contribution in [0.5, 0.6) is 0 Å². The number of rotatable bonds is 4. The van der Waals surface area contributed by atoms with Gasteiger partial charge in [0.05, 0.1) is 5.97 Å². The third kappa shape index (κ3) is 2.85. The van der Waals surface area contributed by atoms with Gasteiger partial charge in [0.25, 0.3) is 0 Å². The van der Waals surface area contributed by atoms with Gasteiger partial charge in [0.1, 0.15) is 0 Å². The van der Waals surface area contributed by atoms with Gasteiger partial charge in [0.2, 0.25) is 5.16 Å². The highest BCUT2D eigenvalue weighted by Crippen LogP contribution is 2.21. The summed E-state index contributed by atoms with van der Waals surface area (Å²) >= 11 is 1.05. The number of carbonyl (C=O) groups excluding carboxylic acids is 1. The van der Waals surface area contributed by atoms with Gasteiger partial charge in [-0.25, -0.2) is 4.98 Å². The lowest BCUT2D eigenvalue weighted by molar-refractivity contribution is -0.304. The molecule has 6 heteroatoms. The summed E-state index contributed by atoms with van der Waals surface area (Å²) in [6, 6.07) is 9.50. The second kappa shape index (κ2) is 5.01. The average molecular weight is 248 g/mol. The van der Waals surface area contributed by atoms with Gasteiger partial charge in [-0.15, -0.1) is 5.10 Å². The van der Waals surface area contributed by atoms with Gasteiger partial charge >= 0.3 is 0 Å². The maximum Gasteiger partial charge on any atom is 0.209 e. The summed E-state index contributed by atoms with van der Waals surface area (Å²) in [5, 5.41) is 17.0. The van der Waals surface area contributed by atoms with Crippen LogP contribution in [0.2, 0.25) is 0 Å². The highest BCUT2D eigenvalue weighted by Gasteiger charge is 2.10. The summed E-state index contributed by atoms with van der Waals surface area (Å²) in [7, 11) is 0. The molecule has 1 aromatic carbocycles. The summed E-state index contributed by atoms with van der Waals surface area (Å²) in [5.74, 6) is -0.500. The van der Waals surface area contributed by atoms with Gasteiger partial charge in [-0.3, -0.25) is 5.10 Å². The Bertz CT molecular complexity index is 512. The smallest absolute Gasteiger partial charge is 0.209 e. The number of nitrogens with zero attached hydrogens (tertiary/aromatic N) is 2. The molecule has 1 aromatic heterocycles. The van der Waals surface area contributed by atoms with E-state index in [0.717, 1.165) is 17.3 Å². The molecule has 0 fully saturated rings. The molecule has 0 aliphatic rings. The van der Waals surface area contributed by atoms with Crippen molar-refractivity contribution >= 4 is 17.7 Å². The number of thioether (sulfide) groups is 1. The van der Waals surface area contributed by atoms with Gasteiger partial charge in [0, 0.05) is 10.8 Å². The van der Waals surface area contributed by atoms with Crippen molar-refractivity contribution in [3.63, 3.8) is 0 Å². The van der Waals surface area contributed by atoms with E-state index in [-0.39, 0.29) is 0 Å². The molecule has 1 heterocycles. The molecule has 1 N–H and O–H groups in total. The first-order chi connectivity index (χ1) is 8.16. The van der Waals surface area contributed by atoms with E-state index in [9.17, 15) is 9.90 Å². The van der Waals surface area contributed by atoms with Crippen molar-refractivity contribution in [3.05, 3.63) is 30.3 Å². The molecule has 88 valence electrons. The van der Waals surface area contributed by atoms with Crippen LogP contribution < -0.4 is 5.11 Å². The third-order valence-electron chi connectivity index (χ3n) is 2.13. The second-order valence-electron chi connectivity index (χ2n) is 3.41. The lowest BCUT2D eigenvalue weighted by atomic mass is 10.2. The molecule has 0 bridgehead atoms. The number of hydrogen-bond donors (Lipinski definition) is 1. The average Bonchev–Trinajstić information content (AvgIpc) is 2.78. The van der Waals surface area contributed by atoms with E-state index in [1.807, 2.05) is 30.3 Å². The van der Waals surface area contributed by atoms with Crippen molar-refractivity contribution in [2.75, 3.05) is 0 Å². The fourth-order valence-electron chi connectivity index (χ4n) is 1.23. The Morgan fingerprint density at radius 3 is 2.76 bits per heavy atom. The highest BCUT2D eigenvalue weighted by molar-refractivity contribution is 8.00. The molecule has 0 amide bonds. The van der Waals surface area contributed by atoms with Crippen LogP contribution in [0.25, 0.3) is 11.4 Å². The van der Waals surface area contributed by atoms with Crippen LogP contribution in [-0.2, 0) is 4.79 Å². The predicted octanol–water partition coefficient (Wildman–Crippen LogP) is 0.702. The monoisotopic (exact) mass is 248 g/mol. The van der Waals surface area contributed by atoms with Crippen LogP contribution in [0, 0.1) is 0 Å². The Morgan fingerprint density at radius 1 is 1.41 bits per heavy atom. The molecule has 0 saturated carbocycles. The lowest BCUT2D eigenvalue weighted by Crippen LogP contribution is -2.31.